The van der Waals surface area contributed by atoms with Gasteiger partial charge in [-0.15, -0.1) is 11.3 Å². The van der Waals surface area contributed by atoms with Crippen LogP contribution in [-0.4, -0.2) is 71.9 Å². The van der Waals surface area contributed by atoms with Gasteiger partial charge in [0, 0.05) is 30.9 Å². The maximum absolute atomic E-state index is 13.4. The van der Waals surface area contributed by atoms with Gasteiger partial charge in [0.2, 0.25) is 5.91 Å². The van der Waals surface area contributed by atoms with Gasteiger partial charge in [-0.2, -0.15) is 0 Å². The van der Waals surface area contributed by atoms with E-state index in [9.17, 15) is 19.2 Å². The number of rotatable bonds is 5. The molecule has 0 aromatic carbocycles. The van der Waals surface area contributed by atoms with Gasteiger partial charge < -0.3 is 20.3 Å². The van der Waals surface area contributed by atoms with Crippen LogP contribution in [-0.2, 0) is 27.2 Å². The standard InChI is InChI=1S/C24H32N4O5S/c29-18(8-11-28-22(31)24(26-23(28)32)9-4-1-5-10-24)25-20-19(16-6-2-3-7-17(16)34-20)21(30)27-12-14-33-15-13-27/h1-15H2,(H,25,29)(H,26,32). The van der Waals surface area contributed by atoms with Crippen LogP contribution in [0.5, 0.6) is 0 Å². The van der Waals surface area contributed by atoms with E-state index in [4.69, 9.17) is 4.74 Å². The molecule has 184 valence electrons. The predicted octanol–water partition coefficient (Wildman–Crippen LogP) is 2.68. The van der Waals surface area contributed by atoms with Crippen molar-refractivity contribution in [1.29, 1.82) is 0 Å². The lowest BCUT2D eigenvalue weighted by atomic mass is 9.82. The highest BCUT2D eigenvalue weighted by molar-refractivity contribution is 7.17. The Morgan fingerprint density at radius 3 is 2.53 bits per heavy atom. The molecule has 3 heterocycles. The molecule has 9 nitrogen and oxygen atoms in total. The first kappa shape index (κ1) is 23.3. The van der Waals surface area contributed by atoms with Gasteiger partial charge in [-0.25, -0.2) is 4.79 Å². The van der Waals surface area contributed by atoms with Crippen molar-refractivity contribution >= 4 is 40.1 Å². The molecule has 1 spiro atoms. The second-order valence-electron chi connectivity index (χ2n) is 9.65. The number of nitrogens with zero attached hydrogens (tertiary/aromatic N) is 2. The normalized spacial score (nSPS) is 22.0. The Bertz CT molecular complexity index is 994. The molecular formula is C24H32N4O5S. The number of anilines is 1. The van der Waals surface area contributed by atoms with Crippen LogP contribution in [0, 0.1) is 0 Å². The van der Waals surface area contributed by atoms with Crippen molar-refractivity contribution in [3.8, 4) is 0 Å². The van der Waals surface area contributed by atoms with Crippen molar-refractivity contribution in [2.24, 2.45) is 0 Å². The van der Waals surface area contributed by atoms with Gasteiger partial charge in [-0.1, -0.05) is 19.3 Å². The molecule has 5 amide bonds. The van der Waals surface area contributed by atoms with Gasteiger partial charge in [-0.05, 0) is 44.1 Å². The Balaban J connectivity index is 1.27. The van der Waals surface area contributed by atoms with E-state index in [0.29, 0.717) is 49.7 Å². The molecule has 0 atom stereocenters. The molecular weight excluding hydrogens is 456 g/mol. The maximum atomic E-state index is 13.4. The molecule has 2 saturated heterocycles. The zero-order chi connectivity index (χ0) is 23.7. The fourth-order valence-corrected chi connectivity index (χ4v) is 6.88. The average molecular weight is 489 g/mol. The summed E-state index contributed by atoms with van der Waals surface area (Å²) in [5, 5.41) is 6.42. The first-order valence-electron chi connectivity index (χ1n) is 12.4. The highest BCUT2D eigenvalue weighted by atomic mass is 32.1. The molecule has 0 bridgehead atoms. The summed E-state index contributed by atoms with van der Waals surface area (Å²) in [6.45, 7) is 2.17. The number of thiophene rings is 1. The summed E-state index contributed by atoms with van der Waals surface area (Å²) in [5.74, 6) is -0.550. The van der Waals surface area contributed by atoms with Crippen molar-refractivity contribution in [2.45, 2.75) is 69.7 Å². The summed E-state index contributed by atoms with van der Waals surface area (Å²) < 4.78 is 5.39. The smallest absolute Gasteiger partial charge is 0.325 e. The van der Waals surface area contributed by atoms with Crippen molar-refractivity contribution < 1.29 is 23.9 Å². The molecule has 1 saturated carbocycles. The number of carbonyl (C=O) groups excluding carboxylic acids is 4. The van der Waals surface area contributed by atoms with Crippen LogP contribution in [0.25, 0.3) is 0 Å². The van der Waals surface area contributed by atoms with Crippen LogP contribution >= 0.6 is 11.3 Å². The van der Waals surface area contributed by atoms with Gasteiger partial charge in [0.15, 0.2) is 0 Å². The highest BCUT2D eigenvalue weighted by Gasteiger charge is 2.51. The van der Waals surface area contributed by atoms with E-state index in [0.717, 1.165) is 50.5 Å². The van der Waals surface area contributed by atoms with E-state index in [-0.39, 0.29) is 30.7 Å². The lowest BCUT2D eigenvalue weighted by Crippen LogP contribution is -2.48. The van der Waals surface area contributed by atoms with Gasteiger partial charge in [0.05, 0.1) is 18.8 Å². The third kappa shape index (κ3) is 4.33. The molecule has 5 rings (SSSR count). The Labute approximate surface area is 203 Å². The zero-order valence-corrected chi connectivity index (χ0v) is 20.3. The van der Waals surface area contributed by atoms with Gasteiger partial charge in [0.1, 0.15) is 10.5 Å². The molecule has 1 aromatic heterocycles. The average Bonchev–Trinajstić information content (AvgIpc) is 3.32. The van der Waals surface area contributed by atoms with E-state index in [1.165, 1.54) is 21.1 Å². The summed E-state index contributed by atoms with van der Waals surface area (Å²) >= 11 is 1.49. The van der Waals surface area contributed by atoms with Crippen LogP contribution in [0.15, 0.2) is 0 Å². The second kappa shape index (κ2) is 9.65. The molecule has 0 unspecified atom stereocenters. The minimum Gasteiger partial charge on any atom is -0.378 e. The Morgan fingerprint density at radius 2 is 1.76 bits per heavy atom. The number of hydrogen-bond acceptors (Lipinski definition) is 6. The predicted molar refractivity (Wildman–Crippen MR) is 127 cm³/mol. The second-order valence-corrected chi connectivity index (χ2v) is 10.8. The number of urea groups is 1. The third-order valence-corrected chi connectivity index (χ3v) is 8.66. The molecule has 2 aliphatic carbocycles. The fourth-order valence-electron chi connectivity index (χ4n) is 5.58. The monoisotopic (exact) mass is 488 g/mol. The van der Waals surface area contributed by atoms with E-state index in [1.807, 2.05) is 0 Å². The van der Waals surface area contributed by atoms with E-state index in [2.05, 4.69) is 10.6 Å². The largest absolute Gasteiger partial charge is 0.378 e. The quantitative estimate of drug-likeness (QED) is 0.620. The molecule has 2 N–H and O–H groups in total. The number of hydrogen-bond donors (Lipinski definition) is 2. The number of carbonyl (C=O) groups is 4. The summed E-state index contributed by atoms with van der Waals surface area (Å²) in [6, 6.07) is -0.408. The number of morpholine rings is 1. The molecule has 3 fully saturated rings. The lowest BCUT2D eigenvalue weighted by Gasteiger charge is -2.30. The third-order valence-electron chi connectivity index (χ3n) is 7.45. The topological polar surface area (TPSA) is 108 Å². The van der Waals surface area contributed by atoms with E-state index < -0.39 is 11.6 Å². The van der Waals surface area contributed by atoms with Crippen molar-refractivity contribution in [1.82, 2.24) is 15.1 Å². The van der Waals surface area contributed by atoms with Crippen LogP contribution in [0.3, 0.4) is 0 Å². The zero-order valence-electron chi connectivity index (χ0n) is 19.5. The molecule has 10 heteroatoms. The fraction of sp³-hybridized carbons (Fsp3) is 0.667. The number of ether oxygens (including phenoxy) is 1. The van der Waals surface area contributed by atoms with Crippen LogP contribution in [0.4, 0.5) is 9.80 Å². The van der Waals surface area contributed by atoms with Crippen LogP contribution < -0.4 is 10.6 Å². The number of aryl methyl sites for hydroxylation is 1. The molecule has 2 aliphatic heterocycles. The summed E-state index contributed by atoms with van der Waals surface area (Å²) in [4.78, 5) is 55.9. The molecule has 4 aliphatic rings. The Morgan fingerprint density at radius 1 is 1.03 bits per heavy atom. The first-order chi connectivity index (χ1) is 16.5. The highest BCUT2D eigenvalue weighted by Crippen LogP contribution is 2.39. The summed E-state index contributed by atoms with van der Waals surface area (Å²) in [6.07, 6.45) is 8.12. The number of imide groups is 1. The van der Waals surface area contributed by atoms with Crippen molar-refractivity contribution in [3.63, 3.8) is 0 Å². The number of nitrogens with one attached hydrogen (secondary N) is 2. The summed E-state index contributed by atoms with van der Waals surface area (Å²) in [7, 11) is 0. The van der Waals surface area contributed by atoms with Crippen LogP contribution in [0.1, 0.15) is 72.2 Å². The number of amides is 5. The lowest BCUT2D eigenvalue weighted by molar-refractivity contribution is -0.132. The van der Waals surface area contributed by atoms with Crippen molar-refractivity contribution in [2.75, 3.05) is 38.2 Å². The van der Waals surface area contributed by atoms with E-state index in [1.54, 1.807) is 4.90 Å². The molecule has 34 heavy (non-hydrogen) atoms. The minimum atomic E-state index is -0.781. The van der Waals surface area contributed by atoms with Crippen molar-refractivity contribution in [3.05, 3.63) is 16.0 Å². The van der Waals surface area contributed by atoms with E-state index >= 15 is 0 Å². The SMILES string of the molecule is O=C(CCN1C(=O)NC2(CCCCC2)C1=O)Nc1sc2c(c1C(=O)N1CCOCC1)CCCC2. The van der Waals surface area contributed by atoms with Gasteiger partial charge in [0.25, 0.3) is 11.8 Å². The Kier molecular flexibility index (Phi) is 6.61. The number of fused-ring (bicyclic) bond motifs is 1. The minimum absolute atomic E-state index is 0.00297. The summed E-state index contributed by atoms with van der Waals surface area (Å²) in [5.41, 5.74) is 0.901. The van der Waals surface area contributed by atoms with Gasteiger partial charge >= 0.3 is 6.03 Å². The maximum Gasteiger partial charge on any atom is 0.325 e. The van der Waals surface area contributed by atoms with Crippen LogP contribution in [0.2, 0.25) is 0 Å². The Hall–Kier alpha value is -2.46. The van der Waals surface area contributed by atoms with Gasteiger partial charge in [-0.3, -0.25) is 19.3 Å². The molecule has 0 radical (unpaired) electrons. The molecule has 1 aromatic rings. The first-order valence-corrected chi connectivity index (χ1v) is 13.3.